The first-order valence-electron chi connectivity index (χ1n) is 7.60. The van der Waals surface area contributed by atoms with Crippen LogP contribution in [-0.4, -0.2) is 75.4 Å². The lowest BCUT2D eigenvalue weighted by Crippen LogP contribution is -2.58. The van der Waals surface area contributed by atoms with Gasteiger partial charge < -0.3 is 25.0 Å². The second kappa shape index (κ2) is 7.72. The molecule has 0 spiro atoms. The van der Waals surface area contributed by atoms with Crippen LogP contribution in [0.25, 0.3) is 0 Å². The standard InChI is InChI=1S/C14H25N3O4/c1-3-4-16-13(18)12-9-20-6-5-17(12)14(19)10-7-21-8-11(10)15-2/h10-12,15H,3-9H2,1-2H3,(H,16,18). The van der Waals surface area contributed by atoms with Gasteiger partial charge in [-0.2, -0.15) is 0 Å². The van der Waals surface area contributed by atoms with Crippen molar-refractivity contribution in [2.75, 3.05) is 46.6 Å². The van der Waals surface area contributed by atoms with E-state index in [1.54, 1.807) is 4.90 Å². The molecule has 0 bridgehead atoms. The Balaban J connectivity index is 2.03. The number of rotatable bonds is 5. The molecule has 2 heterocycles. The molecule has 3 unspecified atom stereocenters. The molecule has 2 rings (SSSR count). The lowest BCUT2D eigenvalue weighted by atomic mass is 10.0. The predicted molar refractivity (Wildman–Crippen MR) is 76.8 cm³/mol. The zero-order valence-electron chi connectivity index (χ0n) is 12.8. The third-order valence-corrected chi connectivity index (χ3v) is 4.03. The number of carbonyl (C=O) groups is 2. The Morgan fingerprint density at radius 1 is 1.24 bits per heavy atom. The highest BCUT2D eigenvalue weighted by atomic mass is 16.5. The zero-order valence-corrected chi connectivity index (χ0v) is 12.8. The van der Waals surface area contributed by atoms with Crippen molar-refractivity contribution in [3.63, 3.8) is 0 Å². The maximum Gasteiger partial charge on any atom is 0.245 e. The third-order valence-electron chi connectivity index (χ3n) is 4.03. The molecule has 2 aliphatic heterocycles. The summed E-state index contributed by atoms with van der Waals surface area (Å²) in [6, 6.07) is -0.518. The van der Waals surface area contributed by atoms with Gasteiger partial charge >= 0.3 is 0 Å². The molecule has 2 amide bonds. The van der Waals surface area contributed by atoms with Gasteiger partial charge in [0.15, 0.2) is 0 Å². The van der Waals surface area contributed by atoms with E-state index in [-0.39, 0.29) is 30.4 Å². The molecule has 2 aliphatic rings. The first-order chi connectivity index (χ1) is 10.2. The average molecular weight is 299 g/mol. The molecule has 0 saturated carbocycles. The molecule has 7 heteroatoms. The van der Waals surface area contributed by atoms with Gasteiger partial charge in [-0.1, -0.05) is 6.92 Å². The van der Waals surface area contributed by atoms with Gasteiger partial charge in [-0.25, -0.2) is 0 Å². The Bertz CT molecular complexity index is 377. The van der Waals surface area contributed by atoms with Crippen LogP contribution >= 0.6 is 0 Å². The minimum Gasteiger partial charge on any atom is -0.379 e. The van der Waals surface area contributed by atoms with Crippen LogP contribution in [0.1, 0.15) is 13.3 Å². The fraction of sp³-hybridized carbons (Fsp3) is 0.857. The second-order valence-electron chi connectivity index (χ2n) is 5.45. The molecule has 21 heavy (non-hydrogen) atoms. The quantitative estimate of drug-likeness (QED) is 0.679. The zero-order chi connectivity index (χ0) is 15.2. The van der Waals surface area contributed by atoms with Gasteiger partial charge in [-0.15, -0.1) is 0 Å². The van der Waals surface area contributed by atoms with Crippen molar-refractivity contribution in [2.24, 2.45) is 5.92 Å². The summed E-state index contributed by atoms with van der Waals surface area (Å²) in [4.78, 5) is 26.6. The van der Waals surface area contributed by atoms with Crippen LogP contribution in [0.3, 0.4) is 0 Å². The molecular formula is C14H25N3O4. The highest BCUT2D eigenvalue weighted by molar-refractivity contribution is 5.89. The lowest BCUT2D eigenvalue weighted by molar-refractivity contribution is -0.151. The van der Waals surface area contributed by atoms with Crippen molar-refractivity contribution in [2.45, 2.75) is 25.4 Å². The Kier molecular flexibility index (Phi) is 5.96. The van der Waals surface area contributed by atoms with E-state index in [2.05, 4.69) is 10.6 Å². The minimum atomic E-state index is -0.532. The highest BCUT2D eigenvalue weighted by Gasteiger charge is 2.40. The molecule has 120 valence electrons. The van der Waals surface area contributed by atoms with Crippen molar-refractivity contribution in [3.8, 4) is 0 Å². The van der Waals surface area contributed by atoms with Crippen LogP contribution in [0, 0.1) is 5.92 Å². The molecule has 0 radical (unpaired) electrons. The second-order valence-corrected chi connectivity index (χ2v) is 5.45. The first-order valence-corrected chi connectivity index (χ1v) is 7.60. The van der Waals surface area contributed by atoms with Crippen molar-refractivity contribution in [1.82, 2.24) is 15.5 Å². The van der Waals surface area contributed by atoms with E-state index in [1.165, 1.54) is 0 Å². The number of hydrogen-bond acceptors (Lipinski definition) is 5. The van der Waals surface area contributed by atoms with Crippen molar-refractivity contribution in [3.05, 3.63) is 0 Å². The molecule has 0 aromatic heterocycles. The summed E-state index contributed by atoms with van der Waals surface area (Å²) in [5, 5.41) is 5.95. The summed E-state index contributed by atoms with van der Waals surface area (Å²) < 4.78 is 10.8. The number of nitrogens with one attached hydrogen (secondary N) is 2. The van der Waals surface area contributed by atoms with Crippen LogP contribution in [-0.2, 0) is 19.1 Å². The molecule has 0 aromatic rings. The number of amides is 2. The fourth-order valence-electron chi connectivity index (χ4n) is 2.75. The number of hydrogen-bond donors (Lipinski definition) is 2. The highest BCUT2D eigenvalue weighted by Crippen LogP contribution is 2.19. The number of likely N-dealkylation sites (N-methyl/N-ethyl adjacent to an activating group) is 1. The predicted octanol–water partition coefficient (Wildman–Crippen LogP) is -1.03. The molecular weight excluding hydrogens is 274 g/mol. The maximum absolute atomic E-state index is 12.7. The Morgan fingerprint density at radius 2 is 2.05 bits per heavy atom. The van der Waals surface area contributed by atoms with Crippen LogP contribution in [0.15, 0.2) is 0 Å². The van der Waals surface area contributed by atoms with E-state index in [4.69, 9.17) is 9.47 Å². The van der Waals surface area contributed by atoms with Crippen LogP contribution in [0.4, 0.5) is 0 Å². The van der Waals surface area contributed by atoms with Gasteiger partial charge in [-0.05, 0) is 13.5 Å². The summed E-state index contributed by atoms with van der Waals surface area (Å²) in [5.41, 5.74) is 0. The molecule has 2 N–H and O–H groups in total. The lowest BCUT2D eigenvalue weighted by Gasteiger charge is -2.36. The van der Waals surface area contributed by atoms with Gasteiger partial charge in [0, 0.05) is 19.1 Å². The first kappa shape index (κ1) is 16.2. The Labute approximate surface area is 125 Å². The number of nitrogens with zero attached hydrogens (tertiary/aromatic N) is 1. The molecule has 0 aromatic carbocycles. The summed E-state index contributed by atoms with van der Waals surface area (Å²) in [5.74, 6) is -0.383. The molecule has 3 atom stereocenters. The fourth-order valence-corrected chi connectivity index (χ4v) is 2.75. The van der Waals surface area contributed by atoms with Gasteiger partial charge in [0.05, 0.1) is 32.3 Å². The summed E-state index contributed by atoms with van der Waals surface area (Å²) >= 11 is 0. The minimum absolute atomic E-state index is 0.0136. The van der Waals surface area contributed by atoms with Crippen LogP contribution in [0.5, 0.6) is 0 Å². The topological polar surface area (TPSA) is 79.9 Å². The third kappa shape index (κ3) is 3.72. The Hall–Kier alpha value is -1.18. The Morgan fingerprint density at radius 3 is 2.76 bits per heavy atom. The molecule has 7 nitrogen and oxygen atoms in total. The van der Waals surface area contributed by atoms with Crippen molar-refractivity contribution < 1.29 is 19.1 Å². The smallest absolute Gasteiger partial charge is 0.245 e. The molecule has 2 fully saturated rings. The van der Waals surface area contributed by atoms with E-state index in [1.807, 2.05) is 14.0 Å². The van der Waals surface area contributed by atoms with E-state index < -0.39 is 6.04 Å². The largest absolute Gasteiger partial charge is 0.379 e. The van der Waals surface area contributed by atoms with Crippen molar-refractivity contribution >= 4 is 11.8 Å². The van der Waals surface area contributed by atoms with E-state index in [0.29, 0.717) is 32.9 Å². The average Bonchev–Trinajstić information content (AvgIpc) is 3.00. The van der Waals surface area contributed by atoms with Gasteiger partial charge in [0.1, 0.15) is 6.04 Å². The normalized spacial score (nSPS) is 29.4. The van der Waals surface area contributed by atoms with Crippen LogP contribution in [0.2, 0.25) is 0 Å². The van der Waals surface area contributed by atoms with Crippen LogP contribution < -0.4 is 10.6 Å². The molecule has 2 saturated heterocycles. The summed E-state index contributed by atoms with van der Waals surface area (Å²) in [7, 11) is 1.82. The summed E-state index contributed by atoms with van der Waals surface area (Å²) in [6.07, 6.45) is 0.867. The van der Waals surface area contributed by atoms with E-state index >= 15 is 0 Å². The number of morpholine rings is 1. The molecule has 0 aliphatic carbocycles. The summed E-state index contributed by atoms with van der Waals surface area (Å²) in [6.45, 7) is 4.74. The van der Waals surface area contributed by atoms with E-state index in [9.17, 15) is 9.59 Å². The van der Waals surface area contributed by atoms with Gasteiger partial charge in [0.25, 0.3) is 0 Å². The number of ether oxygens (including phenoxy) is 2. The maximum atomic E-state index is 12.7. The van der Waals surface area contributed by atoms with Crippen molar-refractivity contribution in [1.29, 1.82) is 0 Å². The SMILES string of the molecule is CCCNC(=O)C1COCCN1C(=O)C1COCC1NC. The van der Waals surface area contributed by atoms with Gasteiger partial charge in [-0.3, -0.25) is 9.59 Å². The monoisotopic (exact) mass is 299 g/mol. The van der Waals surface area contributed by atoms with Gasteiger partial charge in [0.2, 0.25) is 11.8 Å². The number of carbonyl (C=O) groups excluding carboxylic acids is 2. The van der Waals surface area contributed by atoms with E-state index in [0.717, 1.165) is 6.42 Å².